The molecule has 3 rings (SSSR count). The Morgan fingerprint density at radius 3 is 2.08 bits per heavy atom. The Kier molecular flexibility index (Phi) is 10.7. The number of amides is 2. The van der Waals surface area contributed by atoms with Crippen molar-refractivity contribution in [2.75, 3.05) is 17.4 Å². The van der Waals surface area contributed by atoms with Gasteiger partial charge in [0, 0.05) is 13.1 Å². The van der Waals surface area contributed by atoms with Crippen molar-refractivity contribution < 1.29 is 18.0 Å². The smallest absolute Gasteiger partial charge is 0.264 e. The van der Waals surface area contributed by atoms with Crippen LogP contribution in [0.5, 0.6) is 0 Å². The van der Waals surface area contributed by atoms with Crippen molar-refractivity contribution in [3.8, 4) is 0 Å². The Hall–Kier alpha value is -3.65. The molecule has 39 heavy (non-hydrogen) atoms. The minimum atomic E-state index is -4.06. The predicted molar refractivity (Wildman–Crippen MR) is 156 cm³/mol. The Morgan fingerprint density at radius 2 is 1.49 bits per heavy atom. The summed E-state index contributed by atoms with van der Waals surface area (Å²) >= 11 is 0. The van der Waals surface area contributed by atoms with Crippen LogP contribution in [0.25, 0.3) is 0 Å². The van der Waals surface area contributed by atoms with Gasteiger partial charge in [0.25, 0.3) is 10.0 Å². The largest absolute Gasteiger partial charge is 0.354 e. The first-order valence-corrected chi connectivity index (χ1v) is 14.9. The summed E-state index contributed by atoms with van der Waals surface area (Å²) in [7, 11) is -4.06. The van der Waals surface area contributed by atoms with Crippen LogP contribution in [0.3, 0.4) is 0 Å². The van der Waals surface area contributed by atoms with E-state index in [0.717, 1.165) is 40.3 Å². The predicted octanol–water partition coefficient (Wildman–Crippen LogP) is 5.09. The fourth-order valence-electron chi connectivity index (χ4n) is 4.16. The first kappa shape index (κ1) is 29.9. The number of hydrogen-bond donors (Lipinski definition) is 1. The molecule has 2 amide bonds. The van der Waals surface area contributed by atoms with Crippen LogP contribution < -0.4 is 9.62 Å². The third kappa shape index (κ3) is 7.93. The van der Waals surface area contributed by atoms with Crippen molar-refractivity contribution >= 4 is 27.5 Å². The van der Waals surface area contributed by atoms with E-state index in [2.05, 4.69) is 5.32 Å². The van der Waals surface area contributed by atoms with Crippen molar-refractivity contribution in [3.05, 3.63) is 95.6 Å². The quantitative estimate of drug-likeness (QED) is 0.301. The Labute approximate surface area is 232 Å². The number of rotatable bonds is 13. The fourth-order valence-corrected chi connectivity index (χ4v) is 5.59. The molecule has 0 saturated carbocycles. The molecule has 0 aromatic heterocycles. The molecular weight excluding hydrogens is 510 g/mol. The molecule has 1 N–H and O–H groups in total. The van der Waals surface area contributed by atoms with E-state index >= 15 is 0 Å². The van der Waals surface area contributed by atoms with Gasteiger partial charge in [-0.3, -0.25) is 13.9 Å². The molecule has 3 aromatic carbocycles. The molecule has 208 valence electrons. The number of hydrogen-bond acceptors (Lipinski definition) is 4. The van der Waals surface area contributed by atoms with Crippen LogP contribution >= 0.6 is 0 Å². The fraction of sp³-hybridized carbons (Fsp3) is 0.355. The summed E-state index contributed by atoms with van der Waals surface area (Å²) in [6.07, 6.45) is 2.57. The molecule has 0 unspecified atom stereocenters. The maximum absolute atomic E-state index is 13.9. The molecule has 0 aliphatic carbocycles. The molecule has 1 atom stereocenters. The molecule has 3 aromatic rings. The van der Waals surface area contributed by atoms with Gasteiger partial charge < -0.3 is 10.2 Å². The summed E-state index contributed by atoms with van der Waals surface area (Å²) in [4.78, 5) is 28.5. The van der Waals surface area contributed by atoms with Crippen molar-refractivity contribution in [3.63, 3.8) is 0 Å². The van der Waals surface area contributed by atoms with Gasteiger partial charge >= 0.3 is 0 Å². The topological polar surface area (TPSA) is 86.8 Å². The Balaban J connectivity index is 1.98. The van der Waals surface area contributed by atoms with E-state index in [-0.39, 0.29) is 17.3 Å². The lowest BCUT2D eigenvalue weighted by atomic mass is 10.1. The molecule has 0 radical (unpaired) electrons. The monoisotopic (exact) mass is 549 g/mol. The SMILES string of the molecule is CCCCNC(=O)[C@H](C)N(Cc1ccc(C)cc1)C(=O)CN(c1ccc(CC)cc1)S(=O)(=O)c1ccccc1. The van der Waals surface area contributed by atoms with E-state index in [0.29, 0.717) is 12.2 Å². The molecule has 7 nitrogen and oxygen atoms in total. The highest BCUT2D eigenvalue weighted by Crippen LogP contribution is 2.25. The van der Waals surface area contributed by atoms with Crippen molar-refractivity contribution in [1.29, 1.82) is 0 Å². The second-order valence-electron chi connectivity index (χ2n) is 9.67. The minimum Gasteiger partial charge on any atom is -0.354 e. The number of aryl methyl sites for hydroxylation is 2. The Morgan fingerprint density at radius 1 is 0.872 bits per heavy atom. The summed E-state index contributed by atoms with van der Waals surface area (Å²) < 4.78 is 28.7. The lowest BCUT2D eigenvalue weighted by molar-refractivity contribution is -0.139. The van der Waals surface area contributed by atoms with E-state index in [1.54, 1.807) is 37.3 Å². The second kappa shape index (κ2) is 13.9. The van der Waals surface area contributed by atoms with Gasteiger partial charge in [-0.1, -0.05) is 80.4 Å². The zero-order valence-electron chi connectivity index (χ0n) is 23.3. The molecule has 8 heteroatoms. The molecule has 0 saturated heterocycles. The van der Waals surface area contributed by atoms with Gasteiger partial charge in [0.2, 0.25) is 11.8 Å². The second-order valence-corrected chi connectivity index (χ2v) is 11.5. The third-order valence-electron chi connectivity index (χ3n) is 6.71. The summed E-state index contributed by atoms with van der Waals surface area (Å²) in [5.41, 5.74) is 3.38. The summed E-state index contributed by atoms with van der Waals surface area (Å²) in [6, 6.07) is 22.2. The lowest BCUT2D eigenvalue weighted by Gasteiger charge is -2.32. The summed E-state index contributed by atoms with van der Waals surface area (Å²) in [5.74, 6) is -0.735. The van der Waals surface area contributed by atoms with E-state index in [9.17, 15) is 18.0 Å². The zero-order chi connectivity index (χ0) is 28.4. The third-order valence-corrected chi connectivity index (χ3v) is 8.50. The number of anilines is 1. The Bertz CT molecular complexity index is 1320. The maximum atomic E-state index is 13.9. The van der Waals surface area contributed by atoms with Crippen molar-refractivity contribution in [1.82, 2.24) is 10.2 Å². The lowest BCUT2D eigenvalue weighted by Crippen LogP contribution is -2.51. The molecule has 0 bridgehead atoms. The van der Waals surface area contributed by atoms with Gasteiger partial charge in [0.15, 0.2) is 0 Å². The van der Waals surface area contributed by atoms with Crippen molar-refractivity contribution in [2.45, 2.75) is 64.4 Å². The van der Waals surface area contributed by atoms with Gasteiger partial charge in [-0.15, -0.1) is 0 Å². The van der Waals surface area contributed by atoms with E-state index < -0.39 is 28.5 Å². The molecule has 0 heterocycles. The van der Waals surface area contributed by atoms with E-state index in [1.807, 2.05) is 57.2 Å². The summed E-state index contributed by atoms with van der Waals surface area (Å²) in [5, 5.41) is 2.90. The van der Waals surface area contributed by atoms with E-state index in [1.165, 1.54) is 17.0 Å². The van der Waals surface area contributed by atoms with Crippen LogP contribution in [0.1, 0.15) is 50.3 Å². The van der Waals surface area contributed by atoms with Crippen LogP contribution in [0.2, 0.25) is 0 Å². The maximum Gasteiger partial charge on any atom is 0.264 e. The molecule has 0 spiro atoms. The van der Waals surface area contributed by atoms with Crippen molar-refractivity contribution in [2.24, 2.45) is 0 Å². The number of carbonyl (C=O) groups excluding carboxylic acids is 2. The average molecular weight is 550 g/mol. The zero-order valence-corrected chi connectivity index (χ0v) is 24.1. The molecular formula is C31H39N3O4S. The molecule has 0 fully saturated rings. The van der Waals surface area contributed by atoms with Crippen LogP contribution in [0.4, 0.5) is 5.69 Å². The highest BCUT2D eigenvalue weighted by Gasteiger charge is 2.32. The average Bonchev–Trinajstić information content (AvgIpc) is 2.95. The normalized spacial score (nSPS) is 12.0. The summed E-state index contributed by atoms with van der Waals surface area (Å²) in [6.45, 7) is 7.97. The van der Waals surface area contributed by atoms with Crippen LogP contribution in [0.15, 0.2) is 83.8 Å². The minimum absolute atomic E-state index is 0.0906. The highest BCUT2D eigenvalue weighted by molar-refractivity contribution is 7.92. The first-order chi connectivity index (χ1) is 18.7. The number of unbranched alkanes of at least 4 members (excludes halogenated alkanes) is 1. The van der Waals surface area contributed by atoms with Crippen LogP contribution in [0, 0.1) is 6.92 Å². The van der Waals surface area contributed by atoms with Gasteiger partial charge in [-0.2, -0.15) is 0 Å². The van der Waals surface area contributed by atoms with Gasteiger partial charge in [0.05, 0.1) is 10.6 Å². The number of sulfonamides is 1. The van der Waals surface area contributed by atoms with Gasteiger partial charge in [-0.25, -0.2) is 8.42 Å². The van der Waals surface area contributed by atoms with Gasteiger partial charge in [-0.05, 0) is 62.1 Å². The standard InChI is InChI=1S/C31H39N3O4S/c1-5-7-21-32-31(36)25(4)33(22-27-15-13-24(3)14-16-27)30(35)23-34(28-19-17-26(6-2)18-20-28)39(37,38)29-11-9-8-10-12-29/h8-20,25H,5-7,21-23H2,1-4H3,(H,32,36)/t25-/m0/s1. The molecule has 0 aliphatic rings. The van der Waals surface area contributed by atoms with Crippen LogP contribution in [-0.2, 0) is 32.6 Å². The van der Waals surface area contributed by atoms with E-state index in [4.69, 9.17) is 0 Å². The first-order valence-electron chi connectivity index (χ1n) is 13.5. The number of nitrogens with zero attached hydrogens (tertiary/aromatic N) is 2. The number of carbonyl (C=O) groups is 2. The number of nitrogens with one attached hydrogen (secondary N) is 1. The van der Waals surface area contributed by atoms with Crippen LogP contribution in [-0.4, -0.2) is 44.3 Å². The number of benzene rings is 3. The molecule has 0 aliphatic heterocycles. The highest BCUT2D eigenvalue weighted by atomic mass is 32.2. The van der Waals surface area contributed by atoms with Gasteiger partial charge in [0.1, 0.15) is 12.6 Å².